The van der Waals surface area contributed by atoms with Crippen LogP contribution >= 0.6 is 0 Å². The third kappa shape index (κ3) is 5.94. The van der Waals surface area contributed by atoms with E-state index in [9.17, 15) is 14.0 Å². The summed E-state index contributed by atoms with van der Waals surface area (Å²) in [6.45, 7) is 0.0254. The number of nitrogens with zero attached hydrogens (tertiary/aromatic N) is 1. The highest BCUT2D eigenvalue weighted by Gasteiger charge is 2.09. The molecule has 0 atom stereocenters. The van der Waals surface area contributed by atoms with Crippen molar-refractivity contribution in [3.63, 3.8) is 0 Å². The molecule has 25 heavy (non-hydrogen) atoms. The molecule has 2 rings (SSSR count). The fourth-order valence-electron chi connectivity index (χ4n) is 1.89. The van der Waals surface area contributed by atoms with Crippen molar-refractivity contribution in [1.82, 2.24) is 0 Å². The van der Waals surface area contributed by atoms with E-state index in [4.69, 9.17) is 15.3 Å². The summed E-state index contributed by atoms with van der Waals surface area (Å²) in [7, 11) is 0. The predicted octanol–water partition coefficient (Wildman–Crippen LogP) is 2.56. The van der Waals surface area contributed by atoms with Crippen molar-refractivity contribution in [2.45, 2.75) is 13.2 Å². The number of oxime groups is 1. The van der Waals surface area contributed by atoms with Crippen LogP contribution in [-0.4, -0.2) is 18.2 Å². The van der Waals surface area contributed by atoms with Gasteiger partial charge < -0.3 is 15.3 Å². The van der Waals surface area contributed by atoms with Crippen LogP contribution in [0.5, 0.6) is 0 Å². The maximum absolute atomic E-state index is 13.5. The molecule has 0 saturated carbocycles. The SMILES string of the molecule is NC(=O)/C=N/OCc1ccccc1COC(=O)Nc1ccccc1F. The van der Waals surface area contributed by atoms with E-state index in [2.05, 4.69) is 10.5 Å². The number of ether oxygens (including phenoxy) is 1. The molecule has 2 aromatic carbocycles. The summed E-state index contributed by atoms with van der Waals surface area (Å²) in [5.74, 6) is -1.28. The molecule has 0 heterocycles. The van der Waals surface area contributed by atoms with Crippen molar-refractivity contribution in [2.24, 2.45) is 10.9 Å². The van der Waals surface area contributed by atoms with Gasteiger partial charge in [0.15, 0.2) is 0 Å². The highest BCUT2D eigenvalue weighted by molar-refractivity contribution is 6.25. The van der Waals surface area contributed by atoms with Crippen LogP contribution in [0, 0.1) is 5.82 Å². The van der Waals surface area contributed by atoms with E-state index in [1.807, 2.05) is 0 Å². The molecule has 0 spiro atoms. The number of amides is 2. The van der Waals surface area contributed by atoms with Gasteiger partial charge >= 0.3 is 6.09 Å². The van der Waals surface area contributed by atoms with Crippen molar-refractivity contribution < 1.29 is 23.6 Å². The number of primary amides is 1. The van der Waals surface area contributed by atoms with Crippen LogP contribution < -0.4 is 11.1 Å². The van der Waals surface area contributed by atoms with Gasteiger partial charge in [-0.15, -0.1) is 0 Å². The lowest BCUT2D eigenvalue weighted by atomic mass is 10.1. The van der Waals surface area contributed by atoms with Crippen LogP contribution in [0.3, 0.4) is 0 Å². The van der Waals surface area contributed by atoms with Crippen LogP contribution in [0.2, 0.25) is 0 Å². The lowest BCUT2D eigenvalue weighted by Gasteiger charge is -2.10. The maximum Gasteiger partial charge on any atom is 0.412 e. The average Bonchev–Trinajstić information content (AvgIpc) is 2.59. The Morgan fingerprint density at radius 3 is 2.40 bits per heavy atom. The number of hydrogen-bond acceptors (Lipinski definition) is 5. The van der Waals surface area contributed by atoms with Gasteiger partial charge in [-0.2, -0.15) is 0 Å². The molecule has 0 aliphatic rings. The van der Waals surface area contributed by atoms with Gasteiger partial charge in [-0.3, -0.25) is 10.1 Å². The summed E-state index contributed by atoms with van der Waals surface area (Å²) in [6, 6.07) is 12.8. The highest BCUT2D eigenvalue weighted by Crippen LogP contribution is 2.15. The number of rotatable bonds is 7. The van der Waals surface area contributed by atoms with Gasteiger partial charge in [-0.25, -0.2) is 9.18 Å². The first-order valence-electron chi connectivity index (χ1n) is 7.26. The topological polar surface area (TPSA) is 103 Å². The summed E-state index contributed by atoms with van der Waals surface area (Å²) in [5.41, 5.74) is 6.32. The Morgan fingerprint density at radius 2 is 1.72 bits per heavy atom. The van der Waals surface area contributed by atoms with Crippen LogP contribution in [0.25, 0.3) is 0 Å². The molecule has 0 bridgehead atoms. The van der Waals surface area contributed by atoms with Gasteiger partial charge in [0.1, 0.15) is 25.2 Å². The molecule has 0 fully saturated rings. The number of benzene rings is 2. The fraction of sp³-hybridized carbons (Fsp3) is 0.118. The summed E-state index contributed by atoms with van der Waals surface area (Å²) < 4.78 is 18.6. The van der Waals surface area contributed by atoms with Gasteiger partial charge in [-0.05, 0) is 23.3 Å². The summed E-state index contributed by atoms with van der Waals surface area (Å²) >= 11 is 0. The van der Waals surface area contributed by atoms with E-state index in [-0.39, 0.29) is 18.9 Å². The van der Waals surface area contributed by atoms with Crippen LogP contribution in [-0.2, 0) is 27.6 Å². The monoisotopic (exact) mass is 345 g/mol. The second-order valence-electron chi connectivity index (χ2n) is 4.86. The van der Waals surface area contributed by atoms with Gasteiger partial charge in [0, 0.05) is 0 Å². The largest absolute Gasteiger partial charge is 0.444 e. The third-order valence-electron chi connectivity index (χ3n) is 3.06. The molecular weight excluding hydrogens is 329 g/mol. The molecule has 8 heteroatoms. The number of para-hydroxylation sites is 1. The first-order chi connectivity index (χ1) is 12.1. The maximum atomic E-state index is 13.5. The zero-order chi connectivity index (χ0) is 18.1. The Labute approximate surface area is 143 Å². The number of carbonyl (C=O) groups is 2. The number of anilines is 1. The number of hydrogen-bond donors (Lipinski definition) is 2. The Balaban J connectivity index is 1.91. The van der Waals surface area contributed by atoms with E-state index in [0.717, 1.165) is 6.21 Å². The molecule has 2 amide bonds. The third-order valence-corrected chi connectivity index (χ3v) is 3.06. The zero-order valence-corrected chi connectivity index (χ0v) is 13.1. The minimum atomic E-state index is -0.785. The molecule has 0 unspecified atom stereocenters. The van der Waals surface area contributed by atoms with Crippen LogP contribution in [0.15, 0.2) is 53.7 Å². The lowest BCUT2D eigenvalue weighted by Crippen LogP contribution is -2.15. The molecule has 3 N–H and O–H groups in total. The van der Waals surface area contributed by atoms with Crippen molar-refractivity contribution in [2.75, 3.05) is 5.32 Å². The smallest absolute Gasteiger partial charge is 0.412 e. The average molecular weight is 345 g/mol. The second-order valence-corrected chi connectivity index (χ2v) is 4.86. The standard InChI is InChI=1S/C17H16FN3O4/c18-14-7-3-4-8-15(14)21-17(23)24-10-12-5-1-2-6-13(12)11-25-20-9-16(19)22/h1-9H,10-11H2,(H2,19,22)(H,21,23)/b20-9+. The van der Waals surface area contributed by atoms with Gasteiger partial charge in [-0.1, -0.05) is 41.6 Å². The Morgan fingerprint density at radius 1 is 1.08 bits per heavy atom. The quantitative estimate of drug-likeness (QED) is 0.594. The van der Waals surface area contributed by atoms with Crippen molar-refractivity contribution in [3.05, 3.63) is 65.5 Å². The molecular formula is C17H16FN3O4. The van der Waals surface area contributed by atoms with E-state index in [1.54, 1.807) is 30.3 Å². The fourth-order valence-corrected chi connectivity index (χ4v) is 1.89. The van der Waals surface area contributed by atoms with Crippen LogP contribution in [0.1, 0.15) is 11.1 Å². The minimum absolute atomic E-state index is 0.0323. The number of carbonyl (C=O) groups excluding carboxylic acids is 2. The Kier molecular flexibility index (Phi) is 6.47. The molecule has 130 valence electrons. The number of halogens is 1. The zero-order valence-electron chi connectivity index (χ0n) is 13.1. The van der Waals surface area contributed by atoms with Gasteiger partial charge in [0.25, 0.3) is 5.91 Å². The first-order valence-corrected chi connectivity index (χ1v) is 7.26. The van der Waals surface area contributed by atoms with Gasteiger partial charge in [0.2, 0.25) is 0 Å². The van der Waals surface area contributed by atoms with E-state index >= 15 is 0 Å². The van der Waals surface area contributed by atoms with Crippen molar-refractivity contribution >= 4 is 23.9 Å². The molecule has 0 saturated heterocycles. The van der Waals surface area contributed by atoms with Crippen molar-refractivity contribution in [3.8, 4) is 0 Å². The number of nitrogens with one attached hydrogen (secondary N) is 1. The molecule has 7 nitrogen and oxygen atoms in total. The molecule has 0 aliphatic carbocycles. The highest BCUT2D eigenvalue weighted by atomic mass is 19.1. The molecule has 0 aromatic heterocycles. The van der Waals surface area contributed by atoms with Gasteiger partial charge in [0.05, 0.1) is 5.69 Å². The molecule has 0 aliphatic heterocycles. The van der Waals surface area contributed by atoms with E-state index in [1.165, 1.54) is 18.2 Å². The second kappa shape index (κ2) is 9.02. The van der Waals surface area contributed by atoms with Crippen LogP contribution in [0.4, 0.5) is 14.9 Å². The normalized spacial score (nSPS) is 10.4. The van der Waals surface area contributed by atoms with E-state index in [0.29, 0.717) is 11.1 Å². The first kappa shape index (κ1) is 17.9. The summed E-state index contributed by atoms with van der Waals surface area (Å²) in [6.07, 6.45) is 0.0635. The number of nitrogens with two attached hydrogens (primary N) is 1. The Bertz CT molecular complexity index is 780. The van der Waals surface area contributed by atoms with Crippen molar-refractivity contribution in [1.29, 1.82) is 0 Å². The molecule has 0 radical (unpaired) electrons. The minimum Gasteiger partial charge on any atom is -0.444 e. The summed E-state index contributed by atoms with van der Waals surface area (Å²) in [5, 5.41) is 5.73. The molecule has 2 aromatic rings. The lowest BCUT2D eigenvalue weighted by molar-refractivity contribution is -0.111. The Hall–Kier alpha value is -3.42. The van der Waals surface area contributed by atoms with E-state index < -0.39 is 17.8 Å². The predicted molar refractivity (Wildman–Crippen MR) is 89.1 cm³/mol. The summed E-state index contributed by atoms with van der Waals surface area (Å²) in [4.78, 5) is 27.3.